The lowest BCUT2D eigenvalue weighted by atomic mass is 9.82. The molecule has 1 spiro atoms. The van der Waals surface area contributed by atoms with E-state index in [1.807, 2.05) is 6.07 Å². The van der Waals surface area contributed by atoms with Gasteiger partial charge in [-0.25, -0.2) is 9.78 Å². The largest absolute Gasteiger partial charge is 0.488 e. The van der Waals surface area contributed by atoms with Gasteiger partial charge in [-0.1, -0.05) is 53.4 Å². The number of nitrogens with zero attached hydrogens (tertiary/aromatic N) is 1. The maximum atomic E-state index is 12.9. The van der Waals surface area contributed by atoms with Crippen LogP contribution in [0.4, 0.5) is 0 Å². The molecule has 0 bridgehead atoms. The van der Waals surface area contributed by atoms with E-state index >= 15 is 0 Å². The van der Waals surface area contributed by atoms with E-state index in [1.165, 1.54) is 0 Å². The number of esters is 1. The molecule has 28 heavy (non-hydrogen) atoms. The van der Waals surface area contributed by atoms with Crippen LogP contribution in [0.1, 0.15) is 43.2 Å². The zero-order valence-electron chi connectivity index (χ0n) is 15.0. The molecule has 2 aliphatic rings. The van der Waals surface area contributed by atoms with Gasteiger partial charge in [0.25, 0.3) is 0 Å². The van der Waals surface area contributed by atoms with Crippen molar-refractivity contribution in [2.24, 2.45) is 0 Å². The second-order valence-corrected chi connectivity index (χ2v) is 8.28. The second kappa shape index (κ2) is 7.94. The van der Waals surface area contributed by atoms with Gasteiger partial charge < -0.3 is 9.47 Å². The molecule has 7 heteroatoms. The number of halogens is 3. The van der Waals surface area contributed by atoms with E-state index in [0.717, 1.165) is 37.7 Å². The average Bonchev–Trinajstić information content (AvgIpc) is 2.93. The third kappa shape index (κ3) is 3.73. The number of ether oxygens (including phenoxy) is 2. The number of carbonyl (C=O) groups is 1. The van der Waals surface area contributed by atoms with E-state index < -0.39 is 11.6 Å². The lowest BCUT2D eigenvalue weighted by Crippen LogP contribution is -2.35. The number of benzene rings is 1. The molecule has 0 atom stereocenters. The van der Waals surface area contributed by atoms with Crippen molar-refractivity contribution in [2.75, 3.05) is 0 Å². The van der Waals surface area contributed by atoms with E-state index in [1.54, 1.807) is 30.5 Å². The summed E-state index contributed by atoms with van der Waals surface area (Å²) in [5.41, 5.74) is 1.07. The molecule has 4 nitrogen and oxygen atoms in total. The highest BCUT2D eigenvalue weighted by molar-refractivity contribution is 6.37. The summed E-state index contributed by atoms with van der Waals surface area (Å²) in [6, 6.07) is 8.60. The third-order valence-electron chi connectivity index (χ3n) is 5.17. The van der Waals surface area contributed by atoms with Crippen molar-refractivity contribution in [3.05, 3.63) is 68.6 Å². The highest BCUT2D eigenvalue weighted by Gasteiger charge is 2.50. The molecule has 1 aromatic carbocycles. The van der Waals surface area contributed by atoms with Crippen molar-refractivity contribution in [1.29, 1.82) is 0 Å². The van der Waals surface area contributed by atoms with Gasteiger partial charge in [0.2, 0.25) is 0 Å². The minimum atomic E-state index is -0.729. The molecule has 0 saturated heterocycles. The number of aromatic nitrogens is 1. The monoisotopic (exact) mass is 437 g/mol. The van der Waals surface area contributed by atoms with Crippen LogP contribution in [0.2, 0.25) is 15.2 Å². The van der Waals surface area contributed by atoms with Gasteiger partial charge in [-0.15, -0.1) is 0 Å². The van der Waals surface area contributed by atoms with Gasteiger partial charge in [-0.3, -0.25) is 0 Å². The zero-order chi connectivity index (χ0) is 19.7. The highest BCUT2D eigenvalue weighted by Crippen LogP contribution is 2.48. The van der Waals surface area contributed by atoms with Gasteiger partial charge in [0, 0.05) is 22.3 Å². The zero-order valence-corrected chi connectivity index (χ0v) is 17.3. The van der Waals surface area contributed by atoms with E-state index in [9.17, 15) is 4.79 Å². The van der Waals surface area contributed by atoms with Crippen molar-refractivity contribution >= 4 is 46.3 Å². The Balaban J connectivity index is 1.75. The summed E-state index contributed by atoms with van der Waals surface area (Å²) >= 11 is 18.3. The molecular formula is C21H18Cl3NO3. The maximum Gasteiger partial charge on any atom is 0.343 e. The Kier molecular flexibility index (Phi) is 5.55. The van der Waals surface area contributed by atoms with Gasteiger partial charge in [0.05, 0.1) is 5.02 Å². The molecule has 4 rings (SSSR count). The number of hydrogen-bond acceptors (Lipinski definition) is 4. The van der Waals surface area contributed by atoms with Crippen molar-refractivity contribution < 1.29 is 14.3 Å². The molecule has 1 aliphatic heterocycles. The molecule has 0 unspecified atom stereocenters. The highest BCUT2D eigenvalue weighted by atomic mass is 35.5. The Hall–Kier alpha value is -1.75. The van der Waals surface area contributed by atoms with Crippen LogP contribution in [-0.2, 0) is 20.9 Å². The van der Waals surface area contributed by atoms with Gasteiger partial charge in [-0.2, -0.15) is 0 Å². The average molecular weight is 439 g/mol. The molecule has 2 heterocycles. The Morgan fingerprint density at radius 2 is 1.86 bits per heavy atom. The van der Waals surface area contributed by atoms with Crippen molar-refractivity contribution in [1.82, 2.24) is 4.98 Å². The second-order valence-electron chi connectivity index (χ2n) is 7.05. The smallest absolute Gasteiger partial charge is 0.343 e. The molecule has 2 aromatic rings. The fraction of sp³-hybridized carbons (Fsp3) is 0.333. The van der Waals surface area contributed by atoms with Gasteiger partial charge in [0.15, 0.2) is 11.4 Å². The SMILES string of the molecule is O=C1OC2(CCCCC2)C(OCc2ccc(Cl)nc2)=C1c1ccc(Cl)cc1Cl. The normalized spacial score (nSPS) is 18.5. The number of carbonyl (C=O) groups excluding carboxylic acids is 1. The number of rotatable bonds is 4. The van der Waals surface area contributed by atoms with Crippen LogP contribution in [0.25, 0.3) is 5.57 Å². The summed E-state index contributed by atoms with van der Waals surface area (Å²) in [5, 5.41) is 1.31. The van der Waals surface area contributed by atoms with Crippen LogP contribution in [-0.4, -0.2) is 16.6 Å². The fourth-order valence-corrected chi connectivity index (χ4v) is 4.44. The Labute approximate surface area is 178 Å². The lowest BCUT2D eigenvalue weighted by molar-refractivity contribution is -0.150. The first kappa shape index (κ1) is 19.6. The molecular weight excluding hydrogens is 421 g/mol. The van der Waals surface area contributed by atoms with Crippen molar-refractivity contribution in [3.8, 4) is 0 Å². The Bertz CT molecular complexity index is 934. The molecule has 0 amide bonds. The van der Waals surface area contributed by atoms with Crippen LogP contribution in [0.5, 0.6) is 0 Å². The molecule has 1 fully saturated rings. The van der Waals surface area contributed by atoms with E-state index in [4.69, 9.17) is 44.3 Å². The van der Waals surface area contributed by atoms with E-state index in [0.29, 0.717) is 32.1 Å². The van der Waals surface area contributed by atoms with Crippen LogP contribution in [0, 0.1) is 0 Å². The summed E-state index contributed by atoms with van der Waals surface area (Å²) in [6.07, 6.45) is 6.20. The van der Waals surface area contributed by atoms with Gasteiger partial charge >= 0.3 is 5.97 Å². The van der Waals surface area contributed by atoms with Gasteiger partial charge in [-0.05, 0) is 43.9 Å². The number of pyridine rings is 1. The van der Waals surface area contributed by atoms with Crippen LogP contribution < -0.4 is 0 Å². The van der Waals surface area contributed by atoms with Crippen molar-refractivity contribution in [3.63, 3.8) is 0 Å². The Morgan fingerprint density at radius 1 is 1.07 bits per heavy atom. The molecule has 0 N–H and O–H groups in total. The molecule has 146 valence electrons. The first-order valence-corrected chi connectivity index (χ1v) is 10.3. The Morgan fingerprint density at radius 3 is 2.54 bits per heavy atom. The standard InChI is InChI=1S/C21H18Cl3NO3/c22-14-5-6-15(16(23)10-14)18-19(27-12-13-4-7-17(24)25-11-13)21(28-20(18)26)8-2-1-3-9-21/h4-7,10-11H,1-3,8-9,12H2. The van der Waals surface area contributed by atoms with Crippen LogP contribution in [0.3, 0.4) is 0 Å². The number of hydrogen-bond donors (Lipinski definition) is 0. The van der Waals surface area contributed by atoms with Crippen LogP contribution >= 0.6 is 34.8 Å². The quantitative estimate of drug-likeness (QED) is 0.419. The van der Waals surface area contributed by atoms with Gasteiger partial charge in [0.1, 0.15) is 17.3 Å². The fourth-order valence-electron chi connectivity index (χ4n) is 3.82. The summed E-state index contributed by atoms with van der Waals surface area (Å²) in [6.45, 7) is 0.257. The minimum Gasteiger partial charge on any atom is -0.488 e. The molecule has 1 saturated carbocycles. The minimum absolute atomic E-state index is 0.257. The van der Waals surface area contributed by atoms with Crippen molar-refractivity contribution in [2.45, 2.75) is 44.3 Å². The topological polar surface area (TPSA) is 48.4 Å². The summed E-state index contributed by atoms with van der Waals surface area (Å²) in [4.78, 5) is 16.9. The molecule has 1 aliphatic carbocycles. The first-order valence-electron chi connectivity index (χ1n) is 9.15. The summed E-state index contributed by atoms with van der Waals surface area (Å²) in [7, 11) is 0. The predicted octanol–water partition coefficient (Wildman–Crippen LogP) is 6.23. The van der Waals surface area contributed by atoms with E-state index in [-0.39, 0.29) is 6.61 Å². The lowest BCUT2D eigenvalue weighted by Gasteiger charge is -2.33. The van der Waals surface area contributed by atoms with Crippen LogP contribution in [0.15, 0.2) is 42.3 Å². The summed E-state index contributed by atoms with van der Waals surface area (Å²) < 4.78 is 12.1. The summed E-state index contributed by atoms with van der Waals surface area (Å²) in [5.74, 6) is 0.145. The molecule has 1 aromatic heterocycles. The molecule has 0 radical (unpaired) electrons. The first-order chi connectivity index (χ1) is 13.5. The third-order valence-corrected chi connectivity index (χ3v) is 5.94. The van der Waals surface area contributed by atoms with E-state index in [2.05, 4.69) is 4.98 Å². The predicted molar refractivity (Wildman–Crippen MR) is 109 cm³/mol. The maximum absolute atomic E-state index is 12.9.